The number of nitrogens with zero attached hydrogens (tertiary/aromatic N) is 3. The van der Waals surface area contributed by atoms with Gasteiger partial charge in [-0.3, -0.25) is 4.79 Å². The Kier molecular flexibility index (Phi) is 7.29. The minimum Gasteiger partial charge on any atom is -1.00 e. The summed E-state index contributed by atoms with van der Waals surface area (Å²) in [5, 5.41) is 0.733. The van der Waals surface area contributed by atoms with Crippen molar-refractivity contribution in [2.24, 2.45) is 0 Å². The number of hydrogen-bond acceptors (Lipinski definition) is 2. The molecule has 4 rings (SSSR count). The number of carbonyl (C=O) groups excluding carboxylic acids is 1. The van der Waals surface area contributed by atoms with Gasteiger partial charge in [-0.1, -0.05) is 23.7 Å². The first-order chi connectivity index (χ1) is 14.1. The molecule has 3 aromatic rings. The van der Waals surface area contributed by atoms with E-state index in [1.807, 2.05) is 58.3 Å². The molecule has 0 saturated carbocycles. The van der Waals surface area contributed by atoms with Crippen LogP contribution >= 0.6 is 11.6 Å². The summed E-state index contributed by atoms with van der Waals surface area (Å²) in [6, 6.07) is 17.9. The molecule has 1 aromatic heterocycles. The quantitative estimate of drug-likeness (QED) is 0.555. The first-order valence-corrected chi connectivity index (χ1v) is 10.0. The number of pyridine rings is 1. The molecule has 1 aliphatic rings. The van der Waals surface area contributed by atoms with Crippen LogP contribution in [0.25, 0.3) is 0 Å². The van der Waals surface area contributed by atoms with E-state index in [4.69, 9.17) is 11.6 Å². The molecule has 1 fully saturated rings. The molecule has 1 saturated heterocycles. The van der Waals surface area contributed by atoms with Crippen molar-refractivity contribution in [1.29, 1.82) is 0 Å². The van der Waals surface area contributed by atoms with E-state index in [0.29, 0.717) is 25.2 Å². The van der Waals surface area contributed by atoms with Gasteiger partial charge in [0.05, 0.1) is 10.7 Å². The Labute approximate surface area is 186 Å². The Morgan fingerprint density at radius 1 is 0.967 bits per heavy atom. The third-order valence-electron chi connectivity index (χ3n) is 5.14. The summed E-state index contributed by atoms with van der Waals surface area (Å²) in [7, 11) is 0. The Morgan fingerprint density at radius 3 is 2.37 bits per heavy atom. The van der Waals surface area contributed by atoms with E-state index in [1.165, 1.54) is 12.1 Å². The lowest BCUT2D eigenvalue weighted by Crippen LogP contribution is -3.00. The fourth-order valence-corrected chi connectivity index (χ4v) is 3.84. The predicted octanol–water partition coefficient (Wildman–Crippen LogP) is 0.781. The van der Waals surface area contributed by atoms with Crippen LogP contribution in [-0.4, -0.2) is 37.0 Å². The summed E-state index contributed by atoms with van der Waals surface area (Å²) in [6.45, 7) is 3.38. The molecule has 156 valence electrons. The van der Waals surface area contributed by atoms with Crippen LogP contribution in [0.3, 0.4) is 0 Å². The van der Waals surface area contributed by atoms with E-state index in [9.17, 15) is 9.18 Å². The molecule has 0 unspecified atom stereocenters. The molecule has 0 N–H and O–H groups in total. The highest BCUT2D eigenvalue weighted by Crippen LogP contribution is 2.26. The van der Waals surface area contributed by atoms with Gasteiger partial charge in [0.1, 0.15) is 11.4 Å². The second-order valence-electron chi connectivity index (χ2n) is 7.12. The maximum Gasteiger partial charge on any atom is 0.260 e. The fourth-order valence-electron chi connectivity index (χ4n) is 3.59. The summed E-state index contributed by atoms with van der Waals surface area (Å²) in [6.07, 6.45) is 3.77. The van der Waals surface area contributed by atoms with Crippen molar-refractivity contribution in [3.63, 3.8) is 0 Å². The lowest BCUT2D eigenvalue weighted by Gasteiger charge is -2.36. The third-order valence-corrected chi connectivity index (χ3v) is 5.46. The topological polar surface area (TPSA) is 27.4 Å². The van der Waals surface area contributed by atoms with Crippen LogP contribution in [0.5, 0.6) is 0 Å². The molecular formula is C23H22Cl2FN3O. The number of aromatic nitrogens is 1. The lowest BCUT2D eigenvalue weighted by atomic mass is 10.2. The number of anilines is 1. The van der Waals surface area contributed by atoms with Crippen molar-refractivity contribution in [2.75, 3.05) is 31.1 Å². The zero-order valence-electron chi connectivity index (χ0n) is 16.3. The van der Waals surface area contributed by atoms with E-state index in [0.717, 1.165) is 29.4 Å². The van der Waals surface area contributed by atoms with Crippen LogP contribution in [0.2, 0.25) is 5.02 Å². The van der Waals surface area contributed by atoms with Crippen LogP contribution < -0.4 is 21.9 Å². The second-order valence-corrected chi connectivity index (χ2v) is 7.53. The Bertz CT molecular complexity index is 1010. The molecule has 2 heterocycles. The Balaban J connectivity index is 0.00000256. The SMILES string of the molecule is O=C(c1ccc[n+](Cc2ccc(F)cc2)c1)N1CCN(c2ccccc2Cl)CC1.[Cl-]. The largest absolute Gasteiger partial charge is 1.00 e. The summed E-state index contributed by atoms with van der Waals surface area (Å²) in [5.74, 6) is -0.226. The summed E-state index contributed by atoms with van der Waals surface area (Å²) >= 11 is 6.30. The molecule has 0 radical (unpaired) electrons. The van der Waals surface area contributed by atoms with Crippen LogP contribution in [0.15, 0.2) is 73.1 Å². The minimum absolute atomic E-state index is 0. The molecule has 0 atom stereocenters. The predicted molar refractivity (Wildman–Crippen MR) is 112 cm³/mol. The molecule has 0 spiro atoms. The lowest BCUT2D eigenvalue weighted by molar-refractivity contribution is -0.688. The van der Waals surface area contributed by atoms with E-state index in [1.54, 1.807) is 12.1 Å². The molecule has 7 heteroatoms. The summed E-state index contributed by atoms with van der Waals surface area (Å²) < 4.78 is 15.0. The maximum atomic E-state index is 13.1. The highest BCUT2D eigenvalue weighted by Gasteiger charge is 2.24. The van der Waals surface area contributed by atoms with E-state index < -0.39 is 0 Å². The molecular weight excluding hydrogens is 424 g/mol. The molecule has 0 bridgehead atoms. The van der Waals surface area contributed by atoms with Crippen LogP contribution in [0, 0.1) is 5.82 Å². The monoisotopic (exact) mass is 445 g/mol. The summed E-state index contributed by atoms with van der Waals surface area (Å²) in [5.41, 5.74) is 2.65. The van der Waals surface area contributed by atoms with Gasteiger partial charge >= 0.3 is 0 Å². The summed E-state index contributed by atoms with van der Waals surface area (Å²) in [4.78, 5) is 17.1. The van der Waals surface area contributed by atoms with Crippen molar-refractivity contribution >= 4 is 23.2 Å². The van der Waals surface area contributed by atoms with Gasteiger partial charge in [-0.15, -0.1) is 0 Å². The average molecular weight is 446 g/mol. The smallest absolute Gasteiger partial charge is 0.260 e. The van der Waals surface area contributed by atoms with Crippen molar-refractivity contribution in [3.05, 3.63) is 95.0 Å². The number of benzene rings is 2. The van der Waals surface area contributed by atoms with Crippen LogP contribution in [-0.2, 0) is 6.54 Å². The third kappa shape index (κ3) is 5.10. The number of carbonyl (C=O) groups is 1. The number of rotatable bonds is 4. The zero-order chi connectivity index (χ0) is 20.2. The zero-order valence-corrected chi connectivity index (χ0v) is 17.9. The number of amides is 1. The number of piperazine rings is 1. The minimum atomic E-state index is -0.251. The molecule has 1 amide bonds. The van der Waals surface area contributed by atoms with Gasteiger partial charge in [0, 0.05) is 37.8 Å². The van der Waals surface area contributed by atoms with Crippen molar-refractivity contribution in [1.82, 2.24) is 4.90 Å². The average Bonchev–Trinajstić information content (AvgIpc) is 2.76. The van der Waals surface area contributed by atoms with Crippen molar-refractivity contribution in [3.8, 4) is 0 Å². The van der Waals surface area contributed by atoms with E-state index >= 15 is 0 Å². The van der Waals surface area contributed by atoms with Gasteiger partial charge in [-0.2, -0.15) is 4.57 Å². The number of halogens is 3. The maximum absolute atomic E-state index is 13.1. The number of para-hydroxylation sites is 1. The molecule has 30 heavy (non-hydrogen) atoms. The van der Waals surface area contributed by atoms with E-state index in [2.05, 4.69) is 4.90 Å². The Morgan fingerprint density at radius 2 is 1.67 bits per heavy atom. The van der Waals surface area contributed by atoms with Crippen molar-refractivity contribution < 1.29 is 26.2 Å². The molecule has 1 aliphatic heterocycles. The van der Waals surface area contributed by atoms with Gasteiger partial charge in [0.2, 0.25) is 0 Å². The van der Waals surface area contributed by atoms with Crippen molar-refractivity contribution in [2.45, 2.75) is 6.54 Å². The highest BCUT2D eigenvalue weighted by molar-refractivity contribution is 6.33. The van der Waals surface area contributed by atoms with Gasteiger partial charge in [-0.05, 0) is 42.5 Å². The first-order valence-electron chi connectivity index (χ1n) is 9.62. The Hall–Kier alpha value is -2.63. The standard InChI is InChI=1S/C23H22ClFN3O.ClH/c24-21-5-1-2-6-22(21)27-12-14-28(15-13-27)23(29)19-4-3-11-26(17-19)16-18-7-9-20(25)10-8-18;/h1-11,17H,12-16H2;1H/q+1;/p-1. The van der Waals surface area contributed by atoms with Gasteiger partial charge in [0.15, 0.2) is 18.9 Å². The van der Waals surface area contributed by atoms with E-state index in [-0.39, 0.29) is 24.1 Å². The first kappa shape index (κ1) is 22.1. The van der Waals surface area contributed by atoms with Crippen LogP contribution in [0.4, 0.5) is 10.1 Å². The normalized spacial score (nSPS) is 13.7. The highest BCUT2D eigenvalue weighted by atomic mass is 35.5. The second kappa shape index (κ2) is 9.92. The fraction of sp³-hybridized carbons (Fsp3) is 0.217. The molecule has 4 nitrogen and oxygen atoms in total. The van der Waals surface area contributed by atoms with Gasteiger partial charge in [0.25, 0.3) is 5.91 Å². The number of hydrogen-bond donors (Lipinski definition) is 0. The molecule has 2 aromatic carbocycles. The van der Waals surface area contributed by atoms with Gasteiger partial charge in [-0.25, -0.2) is 4.39 Å². The van der Waals surface area contributed by atoms with Gasteiger partial charge < -0.3 is 22.2 Å². The van der Waals surface area contributed by atoms with Crippen LogP contribution in [0.1, 0.15) is 15.9 Å². The molecule has 0 aliphatic carbocycles.